The number of nitrogens with zero attached hydrogens (tertiary/aromatic N) is 2. The molecule has 1 fully saturated rings. The fourth-order valence-corrected chi connectivity index (χ4v) is 4.72. The van der Waals surface area contributed by atoms with Gasteiger partial charge in [0.05, 0.1) is 5.56 Å². The van der Waals surface area contributed by atoms with Gasteiger partial charge in [-0.15, -0.1) is 0 Å². The van der Waals surface area contributed by atoms with E-state index in [9.17, 15) is 9.59 Å². The van der Waals surface area contributed by atoms with Crippen LogP contribution < -0.4 is 15.5 Å². The minimum atomic E-state index is -0.201. The molecule has 1 aromatic heterocycles. The molecule has 0 spiro atoms. The summed E-state index contributed by atoms with van der Waals surface area (Å²) in [6.07, 6.45) is 5.64. The van der Waals surface area contributed by atoms with Crippen LogP contribution in [0.15, 0.2) is 85.2 Å². The van der Waals surface area contributed by atoms with E-state index in [1.165, 1.54) is 0 Å². The summed E-state index contributed by atoms with van der Waals surface area (Å²) in [7, 11) is 0. The first-order valence-corrected chi connectivity index (χ1v) is 12.4. The quantitative estimate of drug-likeness (QED) is 0.375. The maximum absolute atomic E-state index is 13.4. The second-order valence-electron chi connectivity index (χ2n) is 9.43. The van der Waals surface area contributed by atoms with E-state index in [4.69, 9.17) is 0 Å². The van der Waals surface area contributed by atoms with Crippen molar-refractivity contribution in [1.29, 1.82) is 0 Å². The van der Waals surface area contributed by atoms with Gasteiger partial charge in [-0.05, 0) is 65.4 Å². The first-order valence-electron chi connectivity index (χ1n) is 12.4. The highest BCUT2D eigenvalue weighted by atomic mass is 16.2. The van der Waals surface area contributed by atoms with Crippen LogP contribution in [0.25, 0.3) is 10.8 Å². The number of hydrogen-bond donors (Lipinski definition) is 2. The molecule has 1 aliphatic rings. The van der Waals surface area contributed by atoms with Gasteiger partial charge >= 0.3 is 0 Å². The van der Waals surface area contributed by atoms with Crippen LogP contribution in [-0.2, 0) is 6.54 Å². The maximum atomic E-state index is 13.4. The molecule has 6 nitrogen and oxygen atoms in total. The van der Waals surface area contributed by atoms with E-state index in [0.29, 0.717) is 29.3 Å². The monoisotopic (exact) mass is 478 g/mol. The van der Waals surface area contributed by atoms with Crippen molar-refractivity contribution >= 4 is 34.0 Å². The highest BCUT2D eigenvalue weighted by Gasteiger charge is 2.22. The summed E-state index contributed by atoms with van der Waals surface area (Å²) >= 11 is 0. The normalized spacial score (nSPS) is 14.0. The summed E-state index contributed by atoms with van der Waals surface area (Å²) in [6.45, 7) is 4.47. The Kier molecular flexibility index (Phi) is 6.94. The summed E-state index contributed by atoms with van der Waals surface area (Å²) in [5.41, 5.74) is 3.58. The second-order valence-corrected chi connectivity index (χ2v) is 9.43. The Morgan fingerprint density at radius 3 is 2.53 bits per heavy atom. The molecule has 0 atom stereocenters. The highest BCUT2D eigenvalue weighted by molar-refractivity contribution is 6.13. The van der Waals surface area contributed by atoms with E-state index in [1.54, 1.807) is 18.5 Å². The average molecular weight is 479 g/mol. The summed E-state index contributed by atoms with van der Waals surface area (Å²) in [6, 6.07) is 22.9. The zero-order chi connectivity index (χ0) is 24.9. The largest absolute Gasteiger partial charge is 0.371 e. The fourth-order valence-electron chi connectivity index (χ4n) is 4.72. The van der Waals surface area contributed by atoms with E-state index in [0.717, 1.165) is 48.0 Å². The number of pyridine rings is 1. The number of carbonyl (C=O) groups excluding carboxylic acids is 2. The minimum absolute atomic E-state index is 0.172. The Hall–Kier alpha value is -4.19. The number of fused-ring (bicyclic) bond motifs is 1. The molecule has 36 heavy (non-hydrogen) atoms. The number of hydrogen-bond acceptors (Lipinski definition) is 4. The molecule has 0 unspecified atom stereocenters. The number of aromatic nitrogens is 1. The van der Waals surface area contributed by atoms with Crippen molar-refractivity contribution in [2.75, 3.05) is 23.3 Å². The maximum Gasteiger partial charge on any atom is 0.256 e. The van der Waals surface area contributed by atoms with Crippen molar-refractivity contribution in [3.8, 4) is 0 Å². The predicted octanol–water partition coefficient (Wildman–Crippen LogP) is 5.65. The van der Waals surface area contributed by atoms with Gasteiger partial charge < -0.3 is 15.5 Å². The molecular formula is C30H30N4O2. The van der Waals surface area contributed by atoms with E-state index >= 15 is 0 Å². The number of piperidine rings is 1. The van der Waals surface area contributed by atoms with Crippen LogP contribution in [0.4, 0.5) is 11.4 Å². The van der Waals surface area contributed by atoms with Crippen molar-refractivity contribution in [1.82, 2.24) is 10.3 Å². The third-order valence-electron chi connectivity index (χ3n) is 6.83. The molecule has 2 heterocycles. The zero-order valence-corrected chi connectivity index (χ0v) is 20.4. The zero-order valence-electron chi connectivity index (χ0n) is 20.4. The Labute approximate surface area is 211 Å². The van der Waals surface area contributed by atoms with Crippen LogP contribution >= 0.6 is 0 Å². The van der Waals surface area contributed by atoms with Crippen LogP contribution in [-0.4, -0.2) is 29.9 Å². The first kappa shape index (κ1) is 23.5. The topological polar surface area (TPSA) is 74.3 Å². The number of benzene rings is 3. The molecular weight excluding hydrogens is 448 g/mol. The van der Waals surface area contributed by atoms with Gasteiger partial charge in [0, 0.05) is 49.0 Å². The van der Waals surface area contributed by atoms with Gasteiger partial charge in [0.25, 0.3) is 11.8 Å². The average Bonchev–Trinajstić information content (AvgIpc) is 2.92. The van der Waals surface area contributed by atoms with Gasteiger partial charge in [0.15, 0.2) is 0 Å². The van der Waals surface area contributed by atoms with Crippen molar-refractivity contribution < 1.29 is 9.59 Å². The van der Waals surface area contributed by atoms with Crippen molar-refractivity contribution in [2.24, 2.45) is 5.92 Å². The van der Waals surface area contributed by atoms with Crippen molar-refractivity contribution in [2.45, 2.75) is 26.3 Å². The van der Waals surface area contributed by atoms with Gasteiger partial charge in [-0.1, -0.05) is 49.4 Å². The Bertz CT molecular complexity index is 1370. The molecule has 0 bridgehead atoms. The Morgan fingerprint density at radius 1 is 0.917 bits per heavy atom. The number of rotatable bonds is 6. The number of anilines is 2. The number of carbonyl (C=O) groups is 2. The molecule has 3 aromatic carbocycles. The van der Waals surface area contributed by atoms with Crippen LogP contribution in [0.3, 0.4) is 0 Å². The molecule has 2 N–H and O–H groups in total. The highest BCUT2D eigenvalue weighted by Crippen LogP contribution is 2.29. The van der Waals surface area contributed by atoms with Gasteiger partial charge in [0.2, 0.25) is 0 Å². The van der Waals surface area contributed by atoms with Gasteiger partial charge in [-0.25, -0.2) is 0 Å². The lowest BCUT2D eigenvalue weighted by atomic mass is 9.97. The second kappa shape index (κ2) is 10.6. The van der Waals surface area contributed by atoms with Gasteiger partial charge in [-0.2, -0.15) is 0 Å². The molecule has 6 heteroatoms. The van der Waals surface area contributed by atoms with Crippen LogP contribution in [0, 0.1) is 5.92 Å². The fraction of sp³-hybridized carbons (Fsp3) is 0.233. The van der Waals surface area contributed by atoms with Crippen LogP contribution in [0.1, 0.15) is 46.0 Å². The van der Waals surface area contributed by atoms with E-state index < -0.39 is 0 Å². The van der Waals surface area contributed by atoms with E-state index in [1.807, 2.05) is 66.7 Å². The van der Waals surface area contributed by atoms with Crippen LogP contribution in [0.2, 0.25) is 0 Å². The first-order chi connectivity index (χ1) is 17.6. The lowest BCUT2D eigenvalue weighted by molar-refractivity contribution is 0.0950. The Morgan fingerprint density at radius 2 is 1.72 bits per heavy atom. The smallest absolute Gasteiger partial charge is 0.256 e. The SMILES string of the molecule is CC1CCN(c2ccc(NC(=O)c3cccc4ccccc34)cc2C(=O)NCc2cccnc2)CC1. The molecule has 4 aromatic rings. The number of nitrogens with one attached hydrogen (secondary N) is 2. The minimum Gasteiger partial charge on any atom is -0.371 e. The summed E-state index contributed by atoms with van der Waals surface area (Å²) < 4.78 is 0. The third kappa shape index (κ3) is 5.23. The number of amides is 2. The molecule has 0 aliphatic carbocycles. The van der Waals surface area contributed by atoms with Gasteiger partial charge in [-0.3, -0.25) is 14.6 Å². The van der Waals surface area contributed by atoms with E-state index in [-0.39, 0.29) is 11.8 Å². The van der Waals surface area contributed by atoms with E-state index in [2.05, 4.69) is 27.4 Å². The summed E-state index contributed by atoms with van der Waals surface area (Å²) in [5.74, 6) is 0.310. The summed E-state index contributed by atoms with van der Waals surface area (Å²) in [5, 5.41) is 7.93. The molecule has 5 rings (SSSR count). The lowest BCUT2D eigenvalue weighted by Gasteiger charge is -2.33. The standard InChI is InChI=1S/C30H30N4O2/c1-21-13-16-34(17-14-21)28-12-11-24(18-27(28)29(35)32-20-22-6-5-15-31-19-22)33-30(36)26-10-4-8-23-7-2-3-9-25(23)26/h2-12,15,18-19,21H,13-14,16-17,20H2,1H3,(H,32,35)(H,33,36). The van der Waals surface area contributed by atoms with Crippen molar-refractivity contribution in [3.63, 3.8) is 0 Å². The molecule has 1 aliphatic heterocycles. The lowest BCUT2D eigenvalue weighted by Crippen LogP contribution is -2.35. The van der Waals surface area contributed by atoms with Gasteiger partial charge in [0.1, 0.15) is 0 Å². The van der Waals surface area contributed by atoms with Crippen LogP contribution in [0.5, 0.6) is 0 Å². The molecule has 0 radical (unpaired) electrons. The molecule has 1 saturated heterocycles. The summed E-state index contributed by atoms with van der Waals surface area (Å²) in [4.78, 5) is 33.0. The predicted molar refractivity (Wildman–Crippen MR) is 144 cm³/mol. The third-order valence-corrected chi connectivity index (χ3v) is 6.83. The molecule has 182 valence electrons. The molecule has 2 amide bonds. The Balaban J connectivity index is 1.42. The molecule has 0 saturated carbocycles. The van der Waals surface area contributed by atoms with Crippen molar-refractivity contribution in [3.05, 3.63) is 102 Å².